The van der Waals surface area contributed by atoms with Crippen molar-refractivity contribution in [2.75, 3.05) is 6.54 Å². The summed E-state index contributed by atoms with van der Waals surface area (Å²) in [5, 5.41) is 3.15. The van der Waals surface area contributed by atoms with Crippen LogP contribution in [0.5, 0.6) is 0 Å². The number of pyridine rings is 1. The Balaban J connectivity index is 1.57. The lowest BCUT2D eigenvalue weighted by molar-refractivity contribution is -0.140. The number of hydrogen-bond acceptors (Lipinski definition) is 3. The summed E-state index contributed by atoms with van der Waals surface area (Å²) in [6, 6.07) is 7.92. The van der Waals surface area contributed by atoms with Gasteiger partial charge in [-0.1, -0.05) is 45.2 Å². The summed E-state index contributed by atoms with van der Waals surface area (Å²) in [4.78, 5) is 33.1. The minimum atomic E-state index is -0.462. The van der Waals surface area contributed by atoms with Gasteiger partial charge in [0.15, 0.2) is 0 Å². The third-order valence-electron chi connectivity index (χ3n) is 7.60. The number of nitrogens with zero attached hydrogens (tertiary/aromatic N) is 2. The average molecular weight is 466 g/mol. The molecule has 5 nitrogen and oxygen atoms in total. The molecule has 6 heteroatoms. The highest BCUT2D eigenvalue weighted by Crippen LogP contribution is 2.36. The first-order chi connectivity index (χ1) is 16.5. The van der Waals surface area contributed by atoms with E-state index in [1.165, 1.54) is 18.6 Å². The van der Waals surface area contributed by atoms with Crippen molar-refractivity contribution in [3.05, 3.63) is 54.1 Å². The predicted molar refractivity (Wildman–Crippen MR) is 131 cm³/mol. The number of benzene rings is 1. The van der Waals surface area contributed by atoms with Gasteiger partial charge >= 0.3 is 0 Å². The molecule has 1 saturated heterocycles. The van der Waals surface area contributed by atoms with E-state index in [-0.39, 0.29) is 35.5 Å². The van der Waals surface area contributed by atoms with Crippen LogP contribution in [0.4, 0.5) is 4.39 Å². The Morgan fingerprint density at radius 1 is 1.06 bits per heavy atom. The van der Waals surface area contributed by atoms with Crippen molar-refractivity contribution in [2.45, 2.75) is 77.3 Å². The van der Waals surface area contributed by atoms with E-state index in [9.17, 15) is 14.0 Å². The summed E-state index contributed by atoms with van der Waals surface area (Å²) in [5.41, 5.74) is 2.79. The van der Waals surface area contributed by atoms with Crippen LogP contribution in [0.1, 0.15) is 76.8 Å². The summed E-state index contributed by atoms with van der Waals surface area (Å²) in [7, 11) is 0. The van der Waals surface area contributed by atoms with Crippen molar-refractivity contribution in [3.8, 4) is 11.1 Å². The molecule has 4 rings (SSSR count). The average Bonchev–Trinajstić information content (AvgIpc) is 3.37. The summed E-state index contributed by atoms with van der Waals surface area (Å²) in [6.07, 6.45) is 11.5. The number of halogens is 1. The molecule has 1 saturated carbocycles. The van der Waals surface area contributed by atoms with Crippen LogP contribution in [-0.4, -0.2) is 34.3 Å². The minimum absolute atomic E-state index is 0.0258. The standard InChI is InChI=1S/C28H36FN3O2/c1-3-19(2)27(33)31-26(21-8-5-4-6-9-21)28(34)32-15-7-10-25(32)23-16-22(17-30-18-23)20-11-13-24(29)14-12-20/h11-14,16-19,21,25-26H,3-10,15H2,1-2H3,(H,31,33). The number of aromatic nitrogens is 1. The van der Waals surface area contributed by atoms with Gasteiger partial charge in [0.2, 0.25) is 11.8 Å². The molecule has 1 aromatic heterocycles. The van der Waals surface area contributed by atoms with Crippen molar-refractivity contribution in [3.63, 3.8) is 0 Å². The third-order valence-corrected chi connectivity index (χ3v) is 7.60. The van der Waals surface area contributed by atoms with Crippen LogP contribution < -0.4 is 5.32 Å². The number of nitrogens with one attached hydrogen (secondary N) is 1. The Morgan fingerprint density at radius 3 is 2.50 bits per heavy atom. The van der Waals surface area contributed by atoms with Crippen molar-refractivity contribution >= 4 is 11.8 Å². The number of carbonyl (C=O) groups excluding carboxylic acids is 2. The predicted octanol–water partition coefficient (Wildman–Crippen LogP) is 5.66. The zero-order chi connectivity index (χ0) is 24.1. The highest BCUT2D eigenvalue weighted by atomic mass is 19.1. The Kier molecular flexibility index (Phi) is 7.96. The maximum atomic E-state index is 13.9. The van der Waals surface area contributed by atoms with Gasteiger partial charge in [-0.2, -0.15) is 0 Å². The van der Waals surface area contributed by atoms with Gasteiger partial charge in [-0.25, -0.2) is 4.39 Å². The van der Waals surface area contributed by atoms with E-state index in [0.717, 1.165) is 61.6 Å². The molecule has 0 bridgehead atoms. The normalized spacial score (nSPS) is 20.7. The zero-order valence-corrected chi connectivity index (χ0v) is 20.3. The largest absolute Gasteiger partial charge is 0.344 e. The fourth-order valence-electron chi connectivity index (χ4n) is 5.33. The fraction of sp³-hybridized carbons (Fsp3) is 0.536. The fourth-order valence-corrected chi connectivity index (χ4v) is 5.33. The van der Waals surface area contributed by atoms with E-state index in [1.54, 1.807) is 18.3 Å². The molecule has 0 spiro atoms. The zero-order valence-electron chi connectivity index (χ0n) is 20.3. The number of likely N-dealkylation sites (tertiary alicyclic amines) is 1. The van der Waals surface area contributed by atoms with Gasteiger partial charge in [0.1, 0.15) is 11.9 Å². The minimum Gasteiger partial charge on any atom is -0.344 e. The SMILES string of the molecule is CCC(C)C(=O)NC(C(=O)N1CCCC1c1cncc(-c2ccc(F)cc2)c1)C1CCCCC1. The second-order valence-electron chi connectivity index (χ2n) is 9.90. The van der Waals surface area contributed by atoms with Gasteiger partial charge in [-0.15, -0.1) is 0 Å². The quantitative estimate of drug-likeness (QED) is 0.574. The molecule has 0 radical (unpaired) electrons. The molecule has 1 N–H and O–H groups in total. The van der Waals surface area contributed by atoms with E-state index in [2.05, 4.69) is 16.4 Å². The molecule has 34 heavy (non-hydrogen) atoms. The maximum absolute atomic E-state index is 13.9. The molecular weight excluding hydrogens is 429 g/mol. The van der Waals surface area contributed by atoms with Crippen molar-refractivity contribution in [2.24, 2.45) is 11.8 Å². The first-order valence-corrected chi connectivity index (χ1v) is 12.8. The van der Waals surface area contributed by atoms with Crippen LogP contribution in [0.2, 0.25) is 0 Å². The van der Waals surface area contributed by atoms with E-state index in [1.807, 2.05) is 24.9 Å². The third kappa shape index (κ3) is 5.48. The van der Waals surface area contributed by atoms with Crippen LogP contribution in [0.25, 0.3) is 11.1 Å². The number of hydrogen-bond donors (Lipinski definition) is 1. The molecule has 2 fully saturated rings. The smallest absolute Gasteiger partial charge is 0.245 e. The molecule has 3 atom stereocenters. The van der Waals surface area contributed by atoms with Crippen LogP contribution in [-0.2, 0) is 9.59 Å². The topological polar surface area (TPSA) is 62.3 Å². The van der Waals surface area contributed by atoms with Crippen molar-refractivity contribution in [1.82, 2.24) is 15.2 Å². The molecule has 2 amide bonds. The Labute approximate surface area is 202 Å². The lowest BCUT2D eigenvalue weighted by Crippen LogP contribution is -2.53. The molecule has 1 aliphatic heterocycles. The Morgan fingerprint density at radius 2 is 1.79 bits per heavy atom. The summed E-state index contributed by atoms with van der Waals surface area (Å²) < 4.78 is 13.4. The van der Waals surface area contributed by atoms with Gasteiger partial charge < -0.3 is 10.2 Å². The van der Waals surface area contributed by atoms with Gasteiger partial charge in [0.25, 0.3) is 0 Å². The number of carbonyl (C=O) groups is 2. The monoisotopic (exact) mass is 465 g/mol. The molecule has 182 valence electrons. The van der Waals surface area contributed by atoms with Crippen LogP contribution in [0.15, 0.2) is 42.7 Å². The Bertz CT molecular complexity index is 987. The van der Waals surface area contributed by atoms with E-state index in [0.29, 0.717) is 6.54 Å². The van der Waals surface area contributed by atoms with Crippen LogP contribution in [0.3, 0.4) is 0 Å². The van der Waals surface area contributed by atoms with Gasteiger partial charge in [-0.05, 0) is 67.3 Å². The summed E-state index contributed by atoms with van der Waals surface area (Å²) in [5.74, 6) is -0.168. The molecular formula is C28H36FN3O2. The maximum Gasteiger partial charge on any atom is 0.245 e. The first kappa shape index (κ1) is 24.4. The molecule has 2 aromatic rings. The van der Waals surface area contributed by atoms with Gasteiger partial charge in [0.05, 0.1) is 6.04 Å². The number of rotatable bonds is 7. The molecule has 2 aliphatic rings. The Hall–Kier alpha value is -2.76. The van der Waals surface area contributed by atoms with Crippen LogP contribution >= 0.6 is 0 Å². The van der Waals surface area contributed by atoms with Gasteiger partial charge in [-0.3, -0.25) is 14.6 Å². The number of amides is 2. The second kappa shape index (κ2) is 11.1. The van der Waals surface area contributed by atoms with Crippen molar-refractivity contribution in [1.29, 1.82) is 0 Å². The van der Waals surface area contributed by atoms with E-state index in [4.69, 9.17) is 0 Å². The first-order valence-electron chi connectivity index (χ1n) is 12.8. The summed E-state index contributed by atoms with van der Waals surface area (Å²) >= 11 is 0. The molecule has 1 aromatic carbocycles. The molecule has 2 heterocycles. The lowest BCUT2D eigenvalue weighted by atomic mass is 9.83. The highest BCUT2D eigenvalue weighted by molar-refractivity contribution is 5.89. The van der Waals surface area contributed by atoms with Crippen LogP contribution in [0, 0.1) is 17.7 Å². The second-order valence-corrected chi connectivity index (χ2v) is 9.90. The van der Waals surface area contributed by atoms with E-state index >= 15 is 0 Å². The highest BCUT2D eigenvalue weighted by Gasteiger charge is 2.39. The molecule has 3 unspecified atom stereocenters. The lowest BCUT2D eigenvalue weighted by Gasteiger charge is -2.35. The van der Waals surface area contributed by atoms with Gasteiger partial charge in [0, 0.05) is 30.4 Å². The van der Waals surface area contributed by atoms with Crippen molar-refractivity contribution < 1.29 is 14.0 Å². The molecule has 1 aliphatic carbocycles. The summed E-state index contributed by atoms with van der Waals surface area (Å²) in [6.45, 7) is 4.61. The van der Waals surface area contributed by atoms with E-state index < -0.39 is 6.04 Å².